The van der Waals surface area contributed by atoms with Gasteiger partial charge < -0.3 is 20.1 Å². The van der Waals surface area contributed by atoms with Crippen molar-refractivity contribution in [3.8, 4) is 11.5 Å². The van der Waals surface area contributed by atoms with Gasteiger partial charge in [0.2, 0.25) is 0 Å². The maximum absolute atomic E-state index is 13.7. The fraction of sp³-hybridized carbons (Fsp3) is 0.185. The van der Waals surface area contributed by atoms with Gasteiger partial charge in [0.1, 0.15) is 5.82 Å². The number of nitrogens with one attached hydrogen (secondary N) is 3. The summed E-state index contributed by atoms with van der Waals surface area (Å²) in [6.45, 7) is 3.41. The molecule has 0 heterocycles. The van der Waals surface area contributed by atoms with Gasteiger partial charge in [-0.05, 0) is 61.9 Å². The molecule has 3 aromatic rings. The zero-order valence-electron chi connectivity index (χ0n) is 20.4. The quantitative estimate of drug-likeness (QED) is 0.272. The lowest BCUT2D eigenvalue weighted by Crippen LogP contribution is -2.34. The van der Waals surface area contributed by atoms with Crippen LogP contribution >= 0.6 is 0 Å². The summed E-state index contributed by atoms with van der Waals surface area (Å²) in [7, 11) is 0. The van der Waals surface area contributed by atoms with E-state index in [0.717, 1.165) is 5.56 Å². The second-order valence-electron chi connectivity index (χ2n) is 7.80. The molecule has 0 aliphatic heterocycles. The molecule has 0 aromatic heterocycles. The molecule has 10 heteroatoms. The first-order chi connectivity index (χ1) is 17.9. The predicted octanol–water partition coefficient (Wildman–Crippen LogP) is 3.43. The molecule has 3 N–H and O–H groups in total. The van der Waals surface area contributed by atoms with E-state index in [2.05, 4.69) is 21.2 Å². The Kier molecular flexibility index (Phi) is 9.72. The zero-order valence-corrected chi connectivity index (χ0v) is 20.4. The molecule has 9 nitrogen and oxygen atoms in total. The number of rotatable bonds is 11. The molecule has 3 aromatic carbocycles. The number of amides is 3. The van der Waals surface area contributed by atoms with E-state index in [4.69, 9.17) is 9.47 Å². The Hall–Kier alpha value is -4.73. The van der Waals surface area contributed by atoms with Crippen LogP contribution in [0.4, 0.5) is 10.1 Å². The second kappa shape index (κ2) is 13.4. The van der Waals surface area contributed by atoms with E-state index in [-0.39, 0.29) is 24.7 Å². The Balaban J connectivity index is 1.51. The molecule has 3 amide bonds. The first kappa shape index (κ1) is 26.9. The number of aryl methyl sites for hydroxylation is 1. The lowest BCUT2D eigenvalue weighted by atomic mass is 10.1. The number of benzene rings is 3. The molecule has 0 unspecified atom stereocenters. The Morgan fingerprint density at radius 1 is 0.946 bits per heavy atom. The minimum Gasteiger partial charge on any atom is -0.490 e. The molecule has 0 saturated carbocycles. The smallest absolute Gasteiger partial charge is 0.262 e. The molecule has 0 saturated heterocycles. The van der Waals surface area contributed by atoms with Crippen molar-refractivity contribution in [2.45, 2.75) is 13.8 Å². The third kappa shape index (κ3) is 8.46. The summed E-state index contributed by atoms with van der Waals surface area (Å²) < 4.78 is 24.8. The van der Waals surface area contributed by atoms with Crippen molar-refractivity contribution in [1.82, 2.24) is 10.7 Å². The topological polar surface area (TPSA) is 118 Å². The van der Waals surface area contributed by atoms with Crippen LogP contribution in [-0.4, -0.2) is 43.7 Å². The molecule has 0 aliphatic carbocycles. The highest BCUT2D eigenvalue weighted by molar-refractivity contribution is 5.96. The maximum atomic E-state index is 13.7. The molecule has 0 bridgehead atoms. The summed E-state index contributed by atoms with van der Waals surface area (Å²) in [6.07, 6.45) is 1.40. The largest absolute Gasteiger partial charge is 0.490 e. The van der Waals surface area contributed by atoms with Crippen LogP contribution < -0.4 is 25.5 Å². The average molecular weight is 507 g/mol. The molecule has 0 radical (unpaired) electrons. The van der Waals surface area contributed by atoms with Crippen molar-refractivity contribution < 1.29 is 28.2 Å². The van der Waals surface area contributed by atoms with Crippen LogP contribution in [0.3, 0.4) is 0 Å². The highest BCUT2D eigenvalue weighted by Crippen LogP contribution is 2.28. The van der Waals surface area contributed by atoms with Crippen LogP contribution in [0.2, 0.25) is 0 Å². The standard InChI is InChI=1S/C27H27FN4O5/c1-3-36-24-14-19(11-12-23(24)37-17-26(34)31-22-10-5-4-9-21(22)28)15-30-32-25(33)16-29-27(35)20-8-6-7-18(2)13-20/h4-15H,3,16-17H2,1-2H3,(H,29,35)(H,31,34)(H,32,33). The third-order valence-corrected chi connectivity index (χ3v) is 4.87. The van der Waals surface area contributed by atoms with Crippen molar-refractivity contribution >= 4 is 29.6 Å². The fourth-order valence-corrected chi connectivity index (χ4v) is 3.15. The molecule has 0 fully saturated rings. The van der Waals surface area contributed by atoms with Crippen LogP contribution in [-0.2, 0) is 9.59 Å². The van der Waals surface area contributed by atoms with Crippen LogP contribution in [0.25, 0.3) is 0 Å². The fourth-order valence-electron chi connectivity index (χ4n) is 3.15. The lowest BCUT2D eigenvalue weighted by molar-refractivity contribution is -0.120. The Morgan fingerprint density at radius 3 is 2.51 bits per heavy atom. The van der Waals surface area contributed by atoms with Crippen LogP contribution in [0.1, 0.15) is 28.4 Å². The maximum Gasteiger partial charge on any atom is 0.262 e. The average Bonchev–Trinajstić information content (AvgIpc) is 2.88. The van der Waals surface area contributed by atoms with E-state index in [1.165, 1.54) is 24.4 Å². The number of hydrogen-bond donors (Lipinski definition) is 3. The van der Waals surface area contributed by atoms with Crippen molar-refractivity contribution in [2.75, 3.05) is 25.1 Å². The Morgan fingerprint density at radius 2 is 1.76 bits per heavy atom. The Labute approximate surface area is 213 Å². The molecular formula is C27H27FN4O5. The minimum absolute atomic E-state index is 0.0597. The second-order valence-corrected chi connectivity index (χ2v) is 7.80. The van der Waals surface area contributed by atoms with Crippen LogP contribution in [0, 0.1) is 12.7 Å². The number of carbonyl (C=O) groups is 3. The van der Waals surface area contributed by atoms with Gasteiger partial charge in [-0.3, -0.25) is 14.4 Å². The molecular weight excluding hydrogens is 479 g/mol. The molecule has 0 atom stereocenters. The van der Waals surface area contributed by atoms with E-state index in [1.54, 1.807) is 49.4 Å². The van der Waals surface area contributed by atoms with Gasteiger partial charge in [-0.2, -0.15) is 5.10 Å². The van der Waals surface area contributed by atoms with Crippen molar-refractivity contribution in [2.24, 2.45) is 5.10 Å². The summed E-state index contributed by atoms with van der Waals surface area (Å²) in [6, 6.07) is 17.7. The zero-order chi connectivity index (χ0) is 26.6. The number of halogens is 1. The molecule has 192 valence electrons. The molecule has 0 aliphatic rings. The first-order valence-electron chi connectivity index (χ1n) is 11.5. The van der Waals surface area contributed by atoms with Crippen LogP contribution in [0.5, 0.6) is 11.5 Å². The molecule has 0 spiro atoms. The van der Waals surface area contributed by atoms with Gasteiger partial charge in [0, 0.05) is 5.56 Å². The van der Waals surface area contributed by atoms with E-state index in [9.17, 15) is 18.8 Å². The van der Waals surface area contributed by atoms with Gasteiger partial charge >= 0.3 is 0 Å². The van der Waals surface area contributed by atoms with Crippen molar-refractivity contribution in [3.63, 3.8) is 0 Å². The number of para-hydroxylation sites is 1. The first-order valence-corrected chi connectivity index (χ1v) is 11.5. The molecule has 37 heavy (non-hydrogen) atoms. The summed E-state index contributed by atoms with van der Waals surface area (Å²) in [5, 5.41) is 8.87. The number of ether oxygens (including phenoxy) is 2. The number of nitrogens with zero attached hydrogens (tertiary/aromatic N) is 1. The van der Waals surface area contributed by atoms with Crippen LogP contribution in [0.15, 0.2) is 71.8 Å². The lowest BCUT2D eigenvalue weighted by Gasteiger charge is -2.13. The molecule has 3 rings (SSSR count). The minimum atomic E-state index is -0.546. The number of hydrazone groups is 1. The summed E-state index contributed by atoms with van der Waals surface area (Å²) >= 11 is 0. The van der Waals surface area contributed by atoms with Gasteiger partial charge in [0.15, 0.2) is 18.1 Å². The van der Waals surface area contributed by atoms with E-state index < -0.39 is 17.6 Å². The van der Waals surface area contributed by atoms with Gasteiger partial charge in [-0.1, -0.05) is 29.8 Å². The van der Waals surface area contributed by atoms with Crippen molar-refractivity contribution in [1.29, 1.82) is 0 Å². The summed E-state index contributed by atoms with van der Waals surface area (Å²) in [5.41, 5.74) is 4.40. The SMILES string of the molecule is CCOc1cc(C=NNC(=O)CNC(=O)c2cccc(C)c2)ccc1OCC(=O)Nc1ccccc1F. The monoisotopic (exact) mass is 506 g/mol. The van der Waals surface area contributed by atoms with E-state index in [0.29, 0.717) is 29.2 Å². The number of carbonyl (C=O) groups excluding carboxylic acids is 3. The third-order valence-electron chi connectivity index (χ3n) is 4.87. The van der Waals surface area contributed by atoms with Gasteiger partial charge in [0.05, 0.1) is 25.1 Å². The van der Waals surface area contributed by atoms with E-state index >= 15 is 0 Å². The summed E-state index contributed by atoms with van der Waals surface area (Å²) in [4.78, 5) is 36.3. The number of anilines is 1. The normalized spacial score (nSPS) is 10.6. The summed E-state index contributed by atoms with van der Waals surface area (Å²) in [5.74, 6) is -1.26. The Bertz CT molecular complexity index is 1300. The predicted molar refractivity (Wildman–Crippen MR) is 137 cm³/mol. The van der Waals surface area contributed by atoms with E-state index in [1.807, 2.05) is 13.0 Å². The van der Waals surface area contributed by atoms with Gasteiger partial charge in [0.25, 0.3) is 17.7 Å². The van der Waals surface area contributed by atoms with Gasteiger partial charge in [-0.25, -0.2) is 9.82 Å². The highest BCUT2D eigenvalue weighted by atomic mass is 19.1. The highest BCUT2D eigenvalue weighted by Gasteiger charge is 2.11. The van der Waals surface area contributed by atoms with Gasteiger partial charge in [-0.15, -0.1) is 0 Å². The number of hydrogen-bond acceptors (Lipinski definition) is 6. The van der Waals surface area contributed by atoms with Crippen molar-refractivity contribution in [3.05, 3.63) is 89.2 Å².